The smallest absolute Gasteiger partial charge is 0.339 e. The van der Waals surface area contributed by atoms with Gasteiger partial charge in [-0.15, -0.1) is 0 Å². The highest BCUT2D eigenvalue weighted by Gasteiger charge is 2.28. The first kappa shape index (κ1) is 21.0. The highest BCUT2D eigenvalue weighted by atomic mass is 35.5. The predicted octanol–water partition coefficient (Wildman–Crippen LogP) is 5.04. The van der Waals surface area contributed by atoms with Crippen LogP contribution in [0.25, 0.3) is 0 Å². The maximum atomic E-state index is 13.0. The number of nitrogens with zero attached hydrogens (tertiary/aromatic N) is 1. The summed E-state index contributed by atoms with van der Waals surface area (Å²) in [5.74, 6) is -1.31. The average molecular weight is 426 g/mol. The van der Waals surface area contributed by atoms with E-state index in [9.17, 15) is 19.7 Å². The van der Waals surface area contributed by atoms with Gasteiger partial charge in [-0.2, -0.15) is 0 Å². The SMILES string of the molecule is COc1ccc(C(=O)O[C@@H](C(=O)c2ccccc2)c2ccc(Cl)cc2)cc1[N+](=O)[O-]. The van der Waals surface area contributed by atoms with Crippen molar-refractivity contribution in [2.45, 2.75) is 6.10 Å². The van der Waals surface area contributed by atoms with Crippen LogP contribution >= 0.6 is 11.6 Å². The Labute approximate surface area is 177 Å². The lowest BCUT2D eigenvalue weighted by atomic mass is 9.99. The maximum absolute atomic E-state index is 13.0. The Kier molecular flexibility index (Phi) is 6.44. The van der Waals surface area contributed by atoms with Gasteiger partial charge in [0.25, 0.3) is 0 Å². The van der Waals surface area contributed by atoms with Crippen molar-refractivity contribution in [1.29, 1.82) is 0 Å². The number of Topliss-reactive ketones (excluding diaryl/α,β-unsaturated/α-hetero) is 1. The summed E-state index contributed by atoms with van der Waals surface area (Å²) < 4.78 is 10.4. The molecule has 0 saturated heterocycles. The first-order valence-electron chi connectivity index (χ1n) is 8.79. The normalized spacial score (nSPS) is 11.4. The number of esters is 1. The Morgan fingerprint density at radius 1 is 0.967 bits per heavy atom. The summed E-state index contributed by atoms with van der Waals surface area (Å²) in [4.78, 5) is 36.3. The van der Waals surface area contributed by atoms with Gasteiger partial charge < -0.3 is 9.47 Å². The lowest BCUT2D eigenvalue weighted by molar-refractivity contribution is -0.385. The number of halogens is 1. The molecule has 0 spiro atoms. The van der Waals surface area contributed by atoms with Crippen LogP contribution in [0.3, 0.4) is 0 Å². The Balaban J connectivity index is 1.96. The molecule has 0 N–H and O–H groups in total. The zero-order valence-corrected chi connectivity index (χ0v) is 16.5. The van der Waals surface area contributed by atoms with Crippen molar-refractivity contribution in [3.8, 4) is 5.75 Å². The third-order valence-electron chi connectivity index (χ3n) is 4.31. The van der Waals surface area contributed by atoms with E-state index in [1.54, 1.807) is 54.6 Å². The summed E-state index contributed by atoms with van der Waals surface area (Å²) in [6, 6.07) is 18.4. The van der Waals surface area contributed by atoms with Gasteiger partial charge in [0, 0.05) is 22.2 Å². The lowest BCUT2D eigenvalue weighted by Gasteiger charge is -2.18. The topological polar surface area (TPSA) is 95.7 Å². The largest absolute Gasteiger partial charge is 0.490 e. The predicted molar refractivity (Wildman–Crippen MR) is 110 cm³/mol. The Bertz CT molecular complexity index is 1080. The van der Waals surface area contributed by atoms with Crippen molar-refractivity contribution < 1.29 is 24.0 Å². The molecule has 0 unspecified atom stereocenters. The number of hydrogen-bond donors (Lipinski definition) is 0. The summed E-state index contributed by atoms with van der Waals surface area (Å²) in [7, 11) is 1.29. The highest BCUT2D eigenvalue weighted by Crippen LogP contribution is 2.30. The minimum absolute atomic E-state index is 0.00571. The first-order valence-corrected chi connectivity index (χ1v) is 9.16. The molecule has 0 heterocycles. The molecule has 0 radical (unpaired) electrons. The second-order valence-electron chi connectivity index (χ2n) is 6.21. The Morgan fingerprint density at radius 3 is 2.23 bits per heavy atom. The Morgan fingerprint density at radius 2 is 1.63 bits per heavy atom. The third-order valence-corrected chi connectivity index (χ3v) is 4.56. The van der Waals surface area contributed by atoms with Crippen molar-refractivity contribution in [3.63, 3.8) is 0 Å². The van der Waals surface area contributed by atoms with Crippen molar-refractivity contribution in [3.05, 3.63) is 105 Å². The first-order chi connectivity index (χ1) is 14.4. The second-order valence-corrected chi connectivity index (χ2v) is 6.65. The van der Waals surface area contributed by atoms with Gasteiger partial charge in [-0.05, 0) is 24.3 Å². The summed E-state index contributed by atoms with van der Waals surface area (Å²) >= 11 is 5.92. The molecule has 1 atom stereocenters. The highest BCUT2D eigenvalue weighted by molar-refractivity contribution is 6.30. The molecule has 8 heteroatoms. The van der Waals surface area contributed by atoms with E-state index in [0.717, 1.165) is 6.07 Å². The number of carbonyl (C=O) groups is 2. The van der Waals surface area contributed by atoms with Gasteiger partial charge in [-0.25, -0.2) is 4.79 Å². The zero-order valence-electron chi connectivity index (χ0n) is 15.8. The van der Waals surface area contributed by atoms with Crippen LogP contribution in [0.1, 0.15) is 32.4 Å². The van der Waals surface area contributed by atoms with Gasteiger partial charge in [-0.1, -0.05) is 54.1 Å². The third kappa shape index (κ3) is 4.64. The van der Waals surface area contributed by atoms with E-state index < -0.39 is 22.8 Å². The van der Waals surface area contributed by atoms with Gasteiger partial charge >= 0.3 is 11.7 Å². The van der Waals surface area contributed by atoms with Gasteiger partial charge in [0.1, 0.15) is 0 Å². The summed E-state index contributed by atoms with van der Waals surface area (Å²) in [5.41, 5.74) is 0.308. The van der Waals surface area contributed by atoms with Gasteiger partial charge in [-0.3, -0.25) is 14.9 Å². The number of ketones is 1. The molecule has 0 saturated carbocycles. The number of hydrogen-bond acceptors (Lipinski definition) is 6. The molecule has 0 bridgehead atoms. The molecule has 0 fully saturated rings. The summed E-state index contributed by atoms with van der Waals surface area (Å²) in [5, 5.41) is 11.7. The van der Waals surface area contributed by atoms with Gasteiger partial charge in [0.15, 0.2) is 11.9 Å². The molecule has 3 aromatic carbocycles. The molecule has 0 aromatic heterocycles. The zero-order chi connectivity index (χ0) is 21.7. The minimum atomic E-state index is -1.25. The van der Waals surface area contributed by atoms with Crippen molar-refractivity contribution in [2.75, 3.05) is 7.11 Å². The lowest BCUT2D eigenvalue weighted by Crippen LogP contribution is -2.20. The number of rotatable bonds is 7. The molecule has 30 heavy (non-hydrogen) atoms. The van der Waals surface area contributed by atoms with Crippen LogP contribution in [-0.2, 0) is 4.74 Å². The van der Waals surface area contributed by atoms with Crippen LogP contribution in [-0.4, -0.2) is 23.8 Å². The van der Waals surface area contributed by atoms with Crippen molar-refractivity contribution in [2.24, 2.45) is 0 Å². The number of ether oxygens (including phenoxy) is 2. The average Bonchev–Trinajstić information content (AvgIpc) is 2.77. The van der Waals surface area contributed by atoms with Crippen LogP contribution in [0.2, 0.25) is 5.02 Å². The fourth-order valence-corrected chi connectivity index (χ4v) is 2.93. The van der Waals surface area contributed by atoms with Crippen molar-refractivity contribution in [1.82, 2.24) is 0 Å². The molecule has 0 aliphatic heterocycles. The van der Waals surface area contributed by atoms with E-state index in [1.165, 1.54) is 19.2 Å². The number of carbonyl (C=O) groups excluding carboxylic acids is 2. The molecule has 7 nitrogen and oxygen atoms in total. The fourth-order valence-electron chi connectivity index (χ4n) is 2.80. The van der Waals surface area contributed by atoms with Crippen molar-refractivity contribution >= 4 is 29.0 Å². The van der Waals surface area contributed by atoms with Gasteiger partial charge in [0.2, 0.25) is 5.78 Å². The molecule has 0 aliphatic rings. The van der Waals surface area contributed by atoms with E-state index in [0.29, 0.717) is 16.1 Å². The van der Waals surface area contributed by atoms with E-state index in [-0.39, 0.29) is 17.0 Å². The Hall–Kier alpha value is -3.71. The number of benzene rings is 3. The van der Waals surface area contributed by atoms with Crippen LogP contribution in [0.5, 0.6) is 5.75 Å². The monoisotopic (exact) mass is 425 g/mol. The summed E-state index contributed by atoms with van der Waals surface area (Å²) in [6.07, 6.45) is -1.25. The molecule has 152 valence electrons. The van der Waals surface area contributed by atoms with Crippen LogP contribution in [0.4, 0.5) is 5.69 Å². The van der Waals surface area contributed by atoms with Crippen LogP contribution in [0, 0.1) is 10.1 Å². The molecular formula is C22H16ClNO6. The molecule has 0 amide bonds. The molecule has 3 rings (SSSR count). The van der Waals surface area contributed by atoms with E-state index in [4.69, 9.17) is 21.1 Å². The maximum Gasteiger partial charge on any atom is 0.339 e. The standard InChI is InChI=1S/C22H16ClNO6/c1-29-19-12-9-16(13-18(19)24(27)28)22(26)30-21(15-7-10-17(23)11-8-15)20(25)14-5-3-2-4-6-14/h2-13,21H,1H3/t21-/m1/s1. The quantitative estimate of drug-likeness (QED) is 0.228. The van der Waals surface area contributed by atoms with Crippen LogP contribution in [0.15, 0.2) is 72.8 Å². The molecular weight excluding hydrogens is 410 g/mol. The van der Waals surface area contributed by atoms with E-state index in [2.05, 4.69) is 0 Å². The number of nitro benzene ring substituents is 1. The van der Waals surface area contributed by atoms with E-state index >= 15 is 0 Å². The fraction of sp³-hybridized carbons (Fsp3) is 0.0909. The van der Waals surface area contributed by atoms with Crippen LogP contribution < -0.4 is 4.74 Å². The van der Waals surface area contributed by atoms with Gasteiger partial charge in [0.05, 0.1) is 17.6 Å². The number of methoxy groups -OCH3 is 1. The molecule has 3 aromatic rings. The minimum Gasteiger partial charge on any atom is -0.490 e. The molecule has 0 aliphatic carbocycles. The second kappa shape index (κ2) is 9.19. The number of nitro groups is 1. The summed E-state index contributed by atoms with van der Waals surface area (Å²) in [6.45, 7) is 0. The van der Waals surface area contributed by atoms with E-state index in [1.807, 2.05) is 0 Å².